The van der Waals surface area contributed by atoms with Crippen LogP contribution in [0.4, 0.5) is 0 Å². The van der Waals surface area contributed by atoms with E-state index in [1.807, 2.05) is 24.3 Å². The minimum atomic E-state index is -0.501. The number of carbonyl (C=O) groups excluding carboxylic acids is 2. The molecule has 4 N–H and O–H groups in total. The van der Waals surface area contributed by atoms with Gasteiger partial charge in [-0.15, -0.1) is 0 Å². The molecule has 1 heterocycles. The van der Waals surface area contributed by atoms with Crippen LogP contribution >= 0.6 is 0 Å². The van der Waals surface area contributed by atoms with E-state index in [9.17, 15) is 14.7 Å². The number of nitrogens with one attached hydrogen (secondary N) is 2. The van der Waals surface area contributed by atoms with Crippen LogP contribution in [0, 0.1) is 0 Å². The van der Waals surface area contributed by atoms with Gasteiger partial charge in [0.05, 0.1) is 18.8 Å². The monoisotopic (exact) mass is 786 g/mol. The van der Waals surface area contributed by atoms with Gasteiger partial charge in [0.1, 0.15) is 0 Å². The lowest BCUT2D eigenvalue weighted by atomic mass is 9.98. The Balaban J connectivity index is 1.40. The molecule has 0 unspecified atom stereocenters. The lowest BCUT2D eigenvalue weighted by Crippen LogP contribution is -2.40. The number of benzene rings is 3. The second kappa shape index (κ2) is 27.2. The van der Waals surface area contributed by atoms with Gasteiger partial charge in [-0.2, -0.15) is 0 Å². The van der Waals surface area contributed by atoms with Crippen molar-refractivity contribution in [3.8, 4) is 11.1 Å². The standard InChI is InChI=1S/C48H71N3O6/c1-3-5-7-9-11-16-31-51(32-17-12-10-8-6-4-2)36-44-34-45(41-25-23-38(37-52)24-26-41)57-48(56-44)42-29-27-40(28-30-42)43-20-18-19-39(33-43)35-49-46(53)21-14-13-15-22-47(54)50-55/h18-20,23-30,33,44-45,48,52,55H,3-17,21-22,31-32,34-37H2,1-2H3,(H,49,53)(H,50,54)/t44-,45+,48+/m1/s1. The summed E-state index contributed by atoms with van der Waals surface area (Å²) >= 11 is 0. The number of nitrogens with zero attached hydrogens (tertiary/aromatic N) is 1. The van der Waals surface area contributed by atoms with Gasteiger partial charge in [0.25, 0.3) is 0 Å². The minimum Gasteiger partial charge on any atom is -0.392 e. The number of unbranched alkanes of at least 4 members (excludes halogenated alkanes) is 12. The van der Waals surface area contributed by atoms with Crippen molar-refractivity contribution >= 4 is 11.8 Å². The van der Waals surface area contributed by atoms with Crippen LogP contribution in [0.15, 0.2) is 72.8 Å². The highest BCUT2D eigenvalue weighted by atomic mass is 16.7. The molecule has 2 amide bonds. The number of hydrogen-bond acceptors (Lipinski definition) is 7. The van der Waals surface area contributed by atoms with Crippen molar-refractivity contribution in [3.05, 3.63) is 95.1 Å². The third kappa shape index (κ3) is 17.4. The maximum absolute atomic E-state index is 12.5. The molecule has 1 aliphatic heterocycles. The lowest BCUT2D eigenvalue weighted by Gasteiger charge is -2.38. The van der Waals surface area contributed by atoms with Crippen molar-refractivity contribution in [1.82, 2.24) is 15.7 Å². The maximum Gasteiger partial charge on any atom is 0.243 e. The molecule has 9 nitrogen and oxygen atoms in total. The number of amides is 2. The first-order valence-corrected chi connectivity index (χ1v) is 22.0. The van der Waals surface area contributed by atoms with Gasteiger partial charge >= 0.3 is 0 Å². The van der Waals surface area contributed by atoms with Crippen LogP contribution in [0.2, 0.25) is 0 Å². The van der Waals surface area contributed by atoms with Crippen molar-refractivity contribution in [3.63, 3.8) is 0 Å². The summed E-state index contributed by atoms with van der Waals surface area (Å²) in [6.45, 7) is 8.11. The van der Waals surface area contributed by atoms with Gasteiger partial charge in [-0.25, -0.2) is 5.48 Å². The van der Waals surface area contributed by atoms with Crippen molar-refractivity contribution < 1.29 is 29.4 Å². The summed E-state index contributed by atoms with van der Waals surface area (Å²) in [5, 5.41) is 21.3. The van der Waals surface area contributed by atoms with Gasteiger partial charge in [-0.3, -0.25) is 14.8 Å². The summed E-state index contributed by atoms with van der Waals surface area (Å²) in [5.41, 5.74) is 7.79. The maximum atomic E-state index is 12.5. The Morgan fingerprint density at radius 2 is 1.26 bits per heavy atom. The average Bonchev–Trinajstić information content (AvgIpc) is 3.25. The smallest absolute Gasteiger partial charge is 0.243 e. The van der Waals surface area contributed by atoms with E-state index < -0.39 is 12.2 Å². The first kappa shape index (κ1) is 46.1. The SMILES string of the molecule is CCCCCCCCN(CCCCCCCC)C[C@H]1C[C@@H](c2ccc(CO)cc2)O[C@@H](c2ccc(-c3cccc(CNC(=O)CCCCCC(=O)NO)c3)cc2)O1. The van der Waals surface area contributed by atoms with Crippen molar-refractivity contribution in [2.24, 2.45) is 0 Å². The summed E-state index contributed by atoms with van der Waals surface area (Å²) in [4.78, 5) is 26.3. The molecule has 57 heavy (non-hydrogen) atoms. The van der Waals surface area contributed by atoms with E-state index >= 15 is 0 Å². The topological polar surface area (TPSA) is 120 Å². The van der Waals surface area contributed by atoms with Crippen molar-refractivity contribution in [2.45, 2.75) is 161 Å². The number of hydrogen-bond donors (Lipinski definition) is 4. The quantitative estimate of drug-likeness (QED) is 0.0329. The first-order chi connectivity index (χ1) is 27.9. The highest BCUT2D eigenvalue weighted by Gasteiger charge is 2.33. The van der Waals surface area contributed by atoms with E-state index in [0.29, 0.717) is 25.8 Å². The number of carbonyl (C=O) groups is 2. The predicted molar refractivity (Wildman–Crippen MR) is 228 cm³/mol. The van der Waals surface area contributed by atoms with Gasteiger partial charge in [-0.05, 0) is 72.7 Å². The minimum absolute atomic E-state index is 0.0160. The van der Waals surface area contributed by atoms with Crippen molar-refractivity contribution in [1.29, 1.82) is 0 Å². The Hall–Kier alpha value is -3.60. The highest BCUT2D eigenvalue weighted by Crippen LogP contribution is 2.39. The van der Waals surface area contributed by atoms with Crippen LogP contribution in [0.1, 0.15) is 164 Å². The summed E-state index contributed by atoms with van der Waals surface area (Å²) in [7, 11) is 0. The lowest BCUT2D eigenvalue weighted by molar-refractivity contribution is -0.253. The van der Waals surface area contributed by atoms with E-state index in [2.05, 4.69) is 72.6 Å². The van der Waals surface area contributed by atoms with E-state index in [4.69, 9.17) is 14.7 Å². The second-order valence-corrected chi connectivity index (χ2v) is 15.9. The number of hydroxylamine groups is 1. The molecule has 0 aliphatic carbocycles. The molecule has 4 rings (SSSR count). The zero-order chi connectivity index (χ0) is 40.5. The molecule has 0 aromatic heterocycles. The molecule has 0 saturated carbocycles. The average molecular weight is 786 g/mol. The van der Waals surface area contributed by atoms with Gasteiger partial charge in [0, 0.05) is 37.9 Å². The molecule has 0 radical (unpaired) electrons. The first-order valence-electron chi connectivity index (χ1n) is 22.0. The van der Waals surface area contributed by atoms with Crippen molar-refractivity contribution in [2.75, 3.05) is 19.6 Å². The van der Waals surface area contributed by atoms with E-state index in [1.165, 1.54) is 77.0 Å². The Morgan fingerprint density at radius 3 is 1.89 bits per heavy atom. The van der Waals surface area contributed by atoms with Crippen LogP contribution in [0.3, 0.4) is 0 Å². The number of aliphatic hydroxyl groups is 1. The molecular formula is C48H71N3O6. The van der Waals surface area contributed by atoms with Crippen LogP contribution < -0.4 is 10.8 Å². The molecule has 1 fully saturated rings. The summed E-state index contributed by atoms with van der Waals surface area (Å²) < 4.78 is 13.5. The van der Waals surface area contributed by atoms with E-state index in [-0.39, 0.29) is 31.1 Å². The molecule has 1 saturated heterocycles. The normalized spacial score (nSPS) is 16.8. The summed E-state index contributed by atoms with van der Waals surface area (Å²) in [6.07, 6.45) is 18.4. The van der Waals surface area contributed by atoms with Crippen LogP contribution in [-0.4, -0.2) is 52.8 Å². The Bertz CT molecular complexity index is 1530. The Kier molecular flexibility index (Phi) is 22.0. The molecule has 0 spiro atoms. The van der Waals surface area contributed by atoms with Gasteiger partial charge in [-0.1, -0.05) is 151 Å². The zero-order valence-corrected chi connectivity index (χ0v) is 34.9. The third-order valence-corrected chi connectivity index (χ3v) is 11.1. The number of aliphatic hydroxyl groups excluding tert-OH is 1. The van der Waals surface area contributed by atoms with E-state index in [0.717, 1.165) is 65.9 Å². The molecule has 3 aromatic rings. The van der Waals surface area contributed by atoms with Crippen LogP contribution in [0.5, 0.6) is 0 Å². The third-order valence-electron chi connectivity index (χ3n) is 11.1. The molecule has 3 aromatic carbocycles. The zero-order valence-electron chi connectivity index (χ0n) is 34.9. The fourth-order valence-electron chi connectivity index (χ4n) is 7.63. The van der Waals surface area contributed by atoms with E-state index in [1.54, 1.807) is 5.48 Å². The van der Waals surface area contributed by atoms with Gasteiger partial charge < -0.3 is 24.8 Å². The molecule has 314 valence electrons. The van der Waals surface area contributed by atoms with Gasteiger partial charge in [0.15, 0.2) is 6.29 Å². The highest BCUT2D eigenvalue weighted by molar-refractivity contribution is 5.76. The summed E-state index contributed by atoms with van der Waals surface area (Å²) in [5.74, 6) is -0.416. The molecular weight excluding hydrogens is 715 g/mol. The fourth-order valence-corrected chi connectivity index (χ4v) is 7.63. The predicted octanol–water partition coefficient (Wildman–Crippen LogP) is 10.5. The Labute approximate surface area is 342 Å². The second-order valence-electron chi connectivity index (χ2n) is 15.9. The number of ether oxygens (including phenoxy) is 2. The molecule has 0 bridgehead atoms. The molecule has 3 atom stereocenters. The van der Waals surface area contributed by atoms with Crippen LogP contribution in [-0.2, 0) is 32.2 Å². The largest absolute Gasteiger partial charge is 0.392 e. The molecule has 1 aliphatic rings. The fraction of sp³-hybridized carbons (Fsp3) is 0.583. The van der Waals surface area contributed by atoms with Crippen LogP contribution in [0.25, 0.3) is 11.1 Å². The molecule has 9 heteroatoms. The van der Waals surface area contributed by atoms with Gasteiger partial charge in [0.2, 0.25) is 11.8 Å². The Morgan fingerprint density at radius 1 is 0.667 bits per heavy atom. The summed E-state index contributed by atoms with van der Waals surface area (Å²) in [6, 6.07) is 24.8. The number of rotatable bonds is 28.